The lowest BCUT2D eigenvalue weighted by Crippen LogP contribution is -2.57. The van der Waals surface area contributed by atoms with Crippen LogP contribution in [0.4, 0.5) is 5.82 Å². The van der Waals surface area contributed by atoms with E-state index in [9.17, 15) is 9.59 Å². The van der Waals surface area contributed by atoms with Gasteiger partial charge in [0.2, 0.25) is 11.9 Å². The Bertz CT molecular complexity index is 970. The van der Waals surface area contributed by atoms with E-state index < -0.39 is 17.9 Å². The maximum absolute atomic E-state index is 13.0. The molecule has 3 heterocycles. The third kappa shape index (κ3) is 4.52. The lowest BCUT2D eigenvalue weighted by molar-refractivity contribution is -0.153. The smallest absolute Gasteiger partial charge is 0.321 e. The molecule has 2 unspecified atom stereocenters. The van der Waals surface area contributed by atoms with Gasteiger partial charge in [-0.2, -0.15) is 0 Å². The molecular weight excluding hydrogens is 394 g/mol. The lowest BCUT2D eigenvalue weighted by Gasteiger charge is -2.39. The Morgan fingerprint density at radius 3 is 2.58 bits per heavy atom. The molecule has 8 heteroatoms. The van der Waals surface area contributed by atoms with E-state index in [1.54, 1.807) is 13.1 Å². The van der Waals surface area contributed by atoms with Crippen molar-refractivity contribution in [1.29, 1.82) is 0 Å². The first-order chi connectivity index (χ1) is 15.1. The number of aromatic nitrogens is 1. The maximum atomic E-state index is 13.0. The van der Waals surface area contributed by atoms with Gasteiger partial charge in [-0.1, -0.05) is 35.9 Å². The first-order valence-corrected chi connectivity index (χ1v) is 10.6. The summed E-state index contributed by atoms with van der Waals surface area (Å²) in [6.07, 6.45) is 1.79. The Hall–Kier alpha value is -3.42. The van der Waals surface area contributed by atoms with E-state index >= 15 is 0 Å². The summed E-state index contributed by atoms with van der Waals surface area (Å²) in [5.41, 5.74) is 1.88. The standard InChI is InChI=1S/C23H27N5O3/c1-3-31-22(30)19-20(17-8-6-7-16(2)15-17)25-23(26-21(19)29)28-13-11-27(12-14-28)18-9-4-5-10-24-18/h4-10,15,19-20H,3,11-14H2,1-2H3,(H,25,26,29). The van der Waals surface area contributed by atoms with Crippen molar-refractivity contribution in [3.05, 3.63) is 59.8 Å². The molecule has 0 aliphatic carbocycles. The third-order valence-electron chi connectivity index (χ3n) is 5.57. The van der Waals surface area contributed by atoms with Crippen LogP contribution in [0.5, 0.6) is 0 Å². The van der Waals surface area contributed by atoms with Crippen LogP contribution in [-0.2, 0) is 14.3 Å². The number of hydrogen-bond donors (Lipinski definition) is 1. The number of aliphatic imine (C=N–C) groups is 1. The molecule has 1 fully saturated rings. The van der Waals surface area contributed by atoms with Gasteiger partial charge < -0.3 is 14.5 Å². The minimum atomic E-state index is -1.000. The van der Waals surface area contributed by atoms with Crippen LogP contribution < -0.4 is 10.2 Å². The summed E-state index contributed by atoms with van der Waals surface area (Å²) in [6.45, 7) is 6.85. The van der Waals surface area contributed by atoms with Crippen molar-refractivity contribution in [1.82, 2.24) is 15.2 Å². The minimum Gasteiger partial charge on any atom is -0.465 e. The quantitative estimate of drug-likeness (QED) is 0.600. The number of anilines is 1. The number of amides is 1. The van der Waals surface area contributed by atoms with Gasteiger partial charge in [0.25, 0.3) is 0 Å². The molecule has 1 aromatic carbocycles. The number of guanidine groups is 1. The molecule has 1 aromatic heterocycles. The minimum absolute atomic E-state index is 0.217. The van der Waals surface area contributed by atoms with Crippen molar-refractivity contribution in [3.63, 3.8) is 0 Å². The van der Waals surface area contributed by atoms with Crippen LogP contribution >= 0.6 is 0 Å². The fraction of sp³-hybridized carbons (Fsp3) is 0.391. The molecule has 4 rings (SSSR count). The number of nitrogens with one attached hydrogen (secondary N) is 1. The molecule has 1 N–H and O–H groups in total. The number of piperazine rings is 1. The van der Waals surface area contributed by atoms with E-state index in [4.69, 9.17) is 9.73 Å². The monoisotopic (exact) mass is 421 g/mol. The fourth-order valence-corrected chi connectivity index (χ4v) is 4.01. The molecule has 2 aromatic rings. The zero-order valence-electron chi connectivity index (χ0n) is 17.8. The van der Waals surface area contributed by atoms with Gasteiger partial charge in [0.1, 0.15) is 11.9 Å². The highest BCUT2D eigenvalue weighted by Crippen LogP contribution is 2.31. The highest BCUT2D eigenvalue weighted by Gasteiger charge is 2.42. The number of pyridine rings is 1. The van der Waals surface area contributed by atoms with E-state index in [2.05, 4.69) is 20.1 Å². The SMILES string of the molecule is CCOC(=O)C1C(=O)NC(N2CCN(c3ccccn3)CC2)=NC1c1cccc(C)c1. The van der Waals surface area contributed by atoms with Crippen LogP contribution in [-0.4, -0.2) is 60.5 Å². The Morgan fingerprint density at radius 2 is 1.90 bits per heavy atom. The van der Waals surface area contributed by atoms with Crippen LogP contribution in [0.2, 0.25) is 0 Å². The van der Waals surface area contributed by atoms with Gasteiger partial charge in [-0.05, 0) is 31.5 Å². The van der Waals surface area contributed by atoms with Gasteiger partial charge in [0.05, 0.1) is 6.61 Å². The molecule has 2 aliphatic rings. The third-order valence-corrected chi connectivity index (χ3v) is 5.57. The van der Waals surface area contributed by atoms with Gasteiger partial charge in [-0.3, -0.25) is 14.9 Å². The number of carbonyl (C=O) groups is 2. The van der Waals surface area contributed by atoms with Crippen molar-refractivity contribution < 1.29 is 14.3 Å². The van der Waals surface area contributed by atoms with Crippen molar-refractivity contribution >= 4 is 23.7 Å². The Balaban J connectivity index is 1.57. The topological polar surface area (TPSA) is 87.1 Å². The number of nitrogens with zero attached hydrogens (tertiary/aromatic N) is 4. The molecule has 1 saturated heterocycles. The first-order valence-electron chi connectivity index (χ1n) is 10.6. The number of benzene rings is 1. The molecule has 8 nitrogen and oxygen atoms in total. The number of ether oxygens (including phenoxy) is 1. The number of carbonyl (C=O) groups excluding carboxylic acids is 2. The summed E-state index contributed by atoms with van der Waals surface area (Å²) in [7, 11) is 0. The molecular formula is C23H27N5O3. The normalized spacial score (nSPS) is 21.4. The highest BCUT2D eigenvalue weighted by molar-refractivity contribution is 6.08. The largest absolute Gasteiger partial charge is 0.465 e. The lowest BCUT2D eigenvalue weighted by atomic mass is 9.90. The van der Waals surface area contributed by atoms with Crippen LogP contribution in [0, 0.1) is 12.8 Å². The second kappa shape index (κ2) is 9.16. The maximum Gasteiger partial charge on any atom is 0.321 e. The summed E-state index contributed by atoms with van der Waals surface area (Å²) in [5.74, 6) is -0.466. The highest BCUT2D eigenvalue weighted by atomic mass is 16.5. The second-order valence-corrected chi connectivity index (χ2v) is 7.69. The molecule has 0 spiro atoms. The summed E-state index contributed by atoms with van der Waals surface area (Å²) in [6, 6.07) is 13.0. The van der Waals surface area contributed by atoms with E-state index in [1.165, 1.54) is 0 Å². The fourth-order valence-electron chi connectivity index (χ4n) is 4.01. The van der Waals surface area contributed by atoms with Crippen LogP contribution in [0.3, 0.4) is 0 Å². The summed E-state index contributed by atoms with van der Waals surface area (Å²) in [4.78, 5) is 39.1. The number of rotatable bonds is 4. The van der Waals surface area contributed by atoms with Crippen molar-refractivity contribution in [2.45, 2.75) is 19.9 Å². The first kappa shape index (κ1) is 20.8. The van der Waals surface area contributed by atoms with Crippen LogP contribution in [0.1, 0.15) is 24.1 Å². The van der Waals surface area contributed by atoms with E-state index in [1.807, 2.05) is 49.4 Å². The average molecular weight is 422 g/mol. The van der Waals surface area contributed by atoms with Gasteiger partial charge in [-0.25, -0.2) is 9.98 Å². The molecule has 0 radical (unpaired) electrons. The number of hydrogen-bond acceptors (Lipinski definition) is 7. The van der Waals surface area contributed by atoms with Gasteiger partial charge in [-0.15, -0.1) is 0 Å². The molecule has 0 bridgehead atoms. The Kier molecular flexibility index (Phi) is 6.16. The molecule has 0 saturated carbocycles. The summed E-state index contributed by atoms with van der Waals surface area (Å²) in [5, 5.41) is 2.85. The molecule has 31 heavy (non-hydrogen) atoms. The summed E-state index contributed by atoms with van der Waals surface area (Å²) < 4.78 is 5.18. The van der Waals surface area contributed by atoms with Crippen molar-refractivity contribution in [2.75, 3.05) is 37.7 Å². The van der Waals surface area contributed by atoms with Crippen LogP contribution in [0.15, 0.2) is 53.7 Å². The van der Waals surface area contributed by atoms with Gasteiger partial charge >= 0.3 is 5.97 Å². The number of aryl methyl sites for hydroxylation is 1. The average Bonchev–Trinajstić information content (AvgIpc) is 2.79. The predicted octanol–water partition coefficient (Wildman–Crippen LogP) is 1.92. The van der Waals surface area contributed by atoms with E-state index in [0.717, 1.165) is 30.0 Å². The molecule has 2 atom stereocenters. The van der Waals surface area contributed by atoms with Gasteiger partial charge in [0, 0.05) is 32.4 Å². The zero-order valence-corrected chi connectivity index (χ0v) is 17.8. The Labute approximate surface area is 181 Å². The second-order valence-electron chi connectivity index (χ2n) is 7.69. The zero-order chi connectivity index (χ0) is 21.8. The van der Waals surface area contributed by atoms with E-state index in [-0.39, 0.29) is 12.5 Å². The number of esters is 1. The molecule has 162 valence electrons. The van der Waals surface area contributed by atoms with Crippen LogP contribution in [0.25, 0.3) is 0 Å². The summed E-state index contributed by atoms with van der Waals surface area (Å²) >= 11 is 0. The predicted molar refractivity (Wildman–Crippen MR) is 118 cm³/mol. The van der Waals surface area contributed by atoms with Crippen molar-refractivity contribution in [3.8, 4) is 0 Å². The molecule has 2 aliphatic heterocycles. The van der Waals surface area contributed by atoms with E-state index in [0.29, 0.717) is 19.0 Å². The Morgan fingerprint density at radius 1 is 1.13 bits per heavy atom. The van der Waals surface area contributed by atoms with Gasteiger partial charge in [0.15, 0.2) is 5.92 Å². The molecule has 1 amide bonds. The van der Waals surface area contributed by atoms with Crippen molar-refractivity contribution in [2.24, 2.45) is 10.9 Å².